The molecule has 0 atom stereocenters. The van der Waals surface area contributed by atoms with E-state index in [1.54, 1.807) is 0 Å². The molecule has 0 amide bonds. The third-order valence-electron chi connectivity index (χ3n) is 11.1. The van der Waals surface area contributed by atoms with Crippen molar-refractivity contribution in [1.29, 1.82) is 0 Å². The van der Waals surface area contributed by atoms with E-state index in [0.29, 0.717) is 17.5 Å². The van der Waals surface area contributed by atoms with Crippen LogP contribution >= 0.6 is 0 Å². The molecule has 2 aromatic heterocycles. The fourth-order valence-corrected chi connectivity index (χ4v) is 8.59. The average Bonchev–Trinajstić information content (AvgIpc) is 3.68. The summed E-state index contributed by atoms with van der Waals surface area (Å²) in [6.45, 7) is 4.60. The quantitative estimate of drug-likeness (QED) is 0.176. The van der Waals surface area contributed by atoms with Crippen molar-refractivity contribution >= 4 is 54.3 Å². The number of rotatable bonds is 3. The molecule has 2 heterocycles. The van der Waals surface area contributed by atoms with Crippen molar-refractivity contribution in [2.45, 2.75) is 19.3 Å². The Kier molecular flexibility index (Phi) is 5.98. The maximum absolute atomic E-state index is 6.65. The van der Waals surface area contributed by atoms with Gasteiger partial charge in [0, 0.05) is 32.9 Å². The highest BCUT2D eigenvalue weighted by atomic mass is 16.3. The van der Waals surface area contributed by atoms with E-state index in [0.717, 1.165) is 38.6 Å². The lowest BCUT2D eigenvalue weighted by Gasteiger charge is -2.21. The summed E-state index contributed by atoms with van der Waals surface area (Å²) in [6, 6.07) is 53.6. The highest BCUT2D eigenvalue weighted by Crippen LogP contribution is 2.49. The Labute approximate surface area is 300 Å². The first-order chi connectivity index (χ1) is 25.5. The second-order valence-corrected chi connectivity index (χ2v) is 14.4. The molecule has 0 N–H and O–H groups in total. The zero-order chi connectivity index (χ0) is 34.6. The number of benzene rings is 8. The molecule has 0 bridgehead atoms. The van der Waals surface area contributed by atoms with Gasteiger partial charge in [0.2, 0.25) is 0 Å². The Bertz CT molecular complexity index is 3100. The van der Waals surface area contributed by atoms with Crippen molar-refractivity contribution < 1.29 is 4.42 Å². The Hall–Kier alpha value is -6.65. The fraction of sp³-hybridized carbons (Fsp3) is 0.0625. The van der Waals surface area contributed by atoms with Gasteiger partial charge in [0.05, 0.1) is 0 Å². The third kappa shape index (κ3) is 4.12. The predicted molar refractivity (Wildman–Crippen MR) is 213 cm³/mol. The van der Waals surface area contributed by atoms with Gasteiger partial charge in [-0.1, -0.05) is 141 Å². The smallest absolute Gasteiger partial charge is 0.164 e. The molecule has 0 saturated carbocycles. The molecule has 1 aliphatic rings. The number of hydrogen-bond acceptors (Lipinski definition) is 4. The summed E-state index contributed by atoms with van der Waals surface area (Å²) >= 11 is 0. The van der Waals surface area contributed by atoms with Gasteiger partial charge in [-0.3, -0.25) is 0 Å². The van der Waals surface area contributed by atoms with Gasteiger partial charge >= 0.3 is 0 Å². The van der Waals surface area contributed by atoms with Gasteiger partial charge in [-0.05, 0) is 78.8 Å². The minimum absolute atomic E-state index is 0.139. The van der Waals surface area contributed by atoms with Gasteiger partial charge in [-0.2, -0.15) is 0 Å². The largest absolute Gasteiger partial charge is 0.456 e. The topological polar surface area (TPSA) is 51.8 Å². The SMILES string of the molecule is CC1(C)c2ccccc2-c2ccc(-c3nc(-c4ccccc4)nc(-c4cccc5oc6cc7c8ccccc8c8ccccc8c7cc6c45)n3)cc21. The number of fused-ring (bicyclic) bond motifs is 12. The molecule has 4 nitrogen and oxygen atoms in total. The van der Waals surface area contributed by atoms with E-state index in [4.69, 9.17) is 19.4 Å². The number of nitrogens with zero attached hydrogens (tertiary/aromatic N) is 3. The molecule has 0 radical (unpaired) electrons. The zero-order valence-electron chi connectivity index (χ0n) is 28.7. The molecule has 52 heavy (non-hydrogen) atoms. The molecule has 10 aromatic rings. The van der Waals surface area contributed by atoms with Gasteiger partial charge in [0.1, 0.15) is 11.2 Å². The van der Waals surface area contributed by atoms with Gasteiger partial charge in [0.15, 0.2) is 17.5 Å². The number of hydrogen-bond donors (Lipinski definition) is 0. The van der Waals surface area contributed by atoms with E-state index < -0.39 is 0 Å². The summed E-state index contributed by atoms with van der Waals surface area (Å²) in [7, 11) is 0. The van der Waals surface area contributed by atoms with Crippen LogP contribution in [0.5, 0.6) is 0 Å². The van der Waals surface area contributed by atoms with Gasteiger partial charge in [0.25, 0.3) is 0 Å². The molecule has 0 spiro atoms. The third-order valence-corrected chi connectivity index (χ3v) is 11.1. The minimum Gasteiger partial charge on any atom is -0.456 e. The average molecular weight is 666 g/mol. The van der Waals surface area contributed by atoms with E-state index in [9.17, 15) is 0 Å². The summed E-state index contributed by atoms with van der Waals surface area (Å²) in [5.74, 6) is 1.89. The Morgan fingerprint density at radius 1 is 0.385 bits per heavy atom. The second-order valence-electron chi connectivity index (χ2n) is 14.4. The van der Waals surface area contributed by atoms with Crippen molar-refractivity contribution in [1.82, 2.24) is 15.0 Å². The summed E-state index contributed by atoms with van der Waals surface area (Å²) in [5.41, 5.74) is 9.51. The van der Waals surface area contributed by atoms with Crippen LogP contribution in [-0.2, 0) is 5.41 Å². The lowest BCUT2D eigenvalue weighted by molar-refractivity contribution is 0.660. The van der Waals surface area contributed by atoms with E-state index >= 15 is 0 Å². The van der Waals surface area contributed by atoms with Crippen LogP contribution in [0.1, 0.15) is 25.0 Å². The van der Waals surface area contributed by atoms with Crippen LogP contribution in [0.3, 0.4) is 0 Å². The molecule has 4 heteroatoms. The van der Waals surface area contributed by atoms with Gasteiger partial charge < -0.3 is 4.42 Å². The minimum atomic E-state index is -0.139. The number of aromatic nitrogens is 3. The standard InChI is InChI=1S/C48H31N3O/c1-48(2)40-21-11-10-19-34(40)35-24-23-29(25-41(35)48)46-49-45(28-13-4-3-5-14-28)50-47(51-46)36-20-12-22-42-44(36)39-26-37-32-17-8-6-15-30(32)31-16-7-9-18-33(31)38(37)27-43(39)52-42/h3-27H,1-2H3. The molecule has 0 unspecified atom stereocenters. The lowest BCUT2D eigenvalue weighted by atomic mass is 9.82. The Morgan fingerprint density at radius 3 is 1.71 bits per heavy atom. The zero-order valence-corrected chi connectivity index (χ0v) is 28.7. The molecule has 0 fully saturated rings. The van der Waals surface area contributed by atoms with Crippen molar-refractivity contribution in [3.63, 3.8) is 0 Å². The van der Waals surface area contributed by atoms with Crippen molar-refractivity contribution in [2.75, 3.05) is 0 Å². The van der Waals surface area contributed by atoms with Crippen molar-refractivity contribution in [3.8, 4) is 45.3 Å². The summed E-state index contributed by atoms with van der Waals surface area (Å²) in [4.78, 5) is 15.5. The molecule has 0 aliphatic heterocycles. The first-order valence-corrected chi connectivity index (χ1v) is 17.8. The first kappa shape index (κ1) is 29.1. The summed E-state index contributed by atoms with van der Waals surface area (Å²) < 4.78 is 6.65. The van der Waals surface area contributed by atoms with Gasteiger partial charge in [-0.25, -0.2) is 15.0 Å². The van der Waals surface area contributed by atoms with E-state index in [1.807, 2.05) is 30.3 Å². The van der Waals surface area contributed by atoms with Crippen LogP contribution in [0, 0.1) is 0 Å². The van der Waals surface area contributed by atoms with Crippen LogP contribution < -0.4 is 0 Å². The molecular weight excluding hydrogens is 635 g/mol. The number of furan rings is 1. The van der Waals surface area contributed by atoms with Crippen molar-refractivity contribution in [2.24, 2.45) is 0 Å². The molecular formula is C48H31N3O. The maximum atomic E-state index is 6.65. The Morgan fingerprint density at radius 2 is 0.962 bits per heavy atom. The summed E-state index contributed by atoms with van der Waals surface area (Å²) in [6.07, 6.45) is 0. The second kappa shape index (κ2) is 10.7. The van der Waals surface area contributed by atoms with E-state index in [-0.39, 0.29) is 5.41 Å². The van der Waals surface area contributed by atoms with E-state index in [1.165, 1.54) is 54.6 Å². The predicted octanol–water partition coefficient (Wildman–Crippen LogP) is 12.5. The maximum Gasteiger partial charge on any atom is 0.164 e. The molecule has 11 rings (SSSR count). The van der Waals surface area contributed by atoms with Crippen LogP contribution in [-0.4, -0.2) is 15.0 Å². The monoisotopic (exact) mass is 665 g/mol. The van der Waals surface area contributed by atoms with Gasteiger partial charge in [-0.15, -0.1) is 0 Å². The molecule has 244 valence electrons. The molecule has 0 saturated heterocycles. The fourth-order valence-electron chi connectivity index (χ4n) is 8.59. The Balaban J connectivity index is 1.17. The molecule has 8 aromatic carbocycles. The molecule has 1 aliphatic carbocycles. The van der Waals surface area contributed by atoms with Crippen LogP contribution in [0.25, 0.3) is 99.5 Å². The van der Waals surface area contributed by atoms with Crippen LogP contribution in [0.4, 0.5) is 0 Å². The lowest BCUT2D eigenvalue weighted by Crippen LogP contribution is -2.15. The summed E-state index contributed by atoms with van der Waals surface area (Å²) in [5, 5.41) is 9.34. The normalized spacial score (nSPS) is 13.3. The highest BCUT2D eigenvalue weighted by molar-refractivity contribution is 6.28. The van der Waals surface area contributed by atoms with E-state index in [2.05, 4.69) is 135 Å². The first-order valence-electron chi connectivity index (χ1n) is 17.8. The van der Waals surface area contributed by atoms with Crippen LogP contribution in [0.2, 0.25) is 0 Å². The van der Waals surface area contributed by atoms with Crippen molar-refractivity contribution in [3.05, 3.63) is 163 Å². The highest BCUT2D eigenvalue weighted by Gasteiger charge is 2.35. The van der Waals surface area contributed by atoms with Crippen LogP contribution in [0.15, 0.2) is 156 Å².